The van der Waals surface area contributed by atoms with E-state index in [9.17, 15) is 18.3 Å². The summed E-state index contributed by atoms with van der Waals surface area (Å²) >= 11 is 1.13. The summed E-state index contributed by atoms with van der Waals surface area (Å²) in [4.78, 5) is 13.0. The maximum Gasteiger partial charge on any atom is 0.344 e. The fourth-order valence-corrected chi connectivity index (χ4v) is 7.23. The van der Waals surface area contributed by atoms with Gasteiger partial charge in [0.05, 0.1) is 11.6 Å². The summed E-state index contributed by atoms with van der Waals surface area (Å²) in [6.07, 6.45) is 5.47. The molecule has 182 valence electrons. The van der Waals surface area contributed by atoms with E-state index in [1.54, 1.807) is 11.4 Å². The molecular formula is C26H31NO5S2. The first-order valence-corrected chi connectivity index (χ1v) is 14.2. The summed E-state index contributed by atoms with van der Waals surface area (Å²) in [6.45, 7) is 3.90. The molecule has 4 rings (SSSR count). The molecule has 2 N–H and O–H groups in total. The number of benzene rings is 1. The van der Waals surface area contributed by atoms with Gasteiger partial charge < -0.3 is 9.52 Å². The van der Waals surface area contributed by atoms with Crippen LogP contribution in [0.25, 0.3) is 11.1 Å². The third-order valence-corrected chi connectivity index (χ3v) is 9.16. The summed E-state index contributed by atoms with van der Waals surface area (Å²) < 4.78 is 35.7. The first-order valence-electron chi connectivity index (χ1n) is 11.8. The molecular weight excluding hydrogens is 470 g/mol. The lowest BCUT2D eigenvalue weighted by Gasteiger charge is -2.23. The van der Waals surface area contributed by atoms with Gasteiger partial charge in [-0.05, 0) is 48.6 Å². The van der Waals surface area contributed by atoms with E-state index in [4.69, 9.17) is 4.42 Å². The van der Waals surface area contributed by atoms with Crippen LogP contribution < -0.4 is 10.3 Å². The smallest absolute Gasteiger partial charge is 0.344 e. The van der Waals surface area contributed by atoms with Crippen LogP contribution in [0.2, 0.25) is 0 Å². The van der Waals surface area contributed by atoms with E-state index >= 15 is 0 Å². The van der Waals surface area contributed by atoms with Crippen molar-refractivity contribution in [3.05, 3.63) is 69.1 Å². The van der Waals surface area contributed by atoms with Crippen molar-refractivity contribution in [1.29, 1.82) is 0 Å². The van der Waals surface area contributed by atoms with Gasteiger partial charge in [0, 0.05) is 17.5 Å². The monoisotopic (exact) mass is 501 g/mol. The second kappa shape index (κ2) is 10.5. The highest BCUT2D eigenvalue weighted by Gasteiger charge is 2.32. The van der Waals surface area contributed by atoms with Crippen molar-refractivity contribution in [2.75, 3.05) is 0 Å². The highest BCUT2D eigenvalue weighted by Crippen LogP contribution is 2.37. The van der Waals surface area contributed by atoms with Gasteiger partial charge in [-0.25, -0.2) is 17.9 Å². The average Bonchev–Trinajstić information content (AvgIpc) is 3.26. The summed E-state index contributed by atoms with van der Waals surface area (Å²) in [5.41, 5.74) is 1.39. The van der Waals surface area contributed by atoms with Crippen molar-refractivity contribution >= 4 is 21.4 Å². The van der Waals surface area contributed by atoms with Crippen LogP contribution in [0, 0.1) is 5.92 Å². The number of hydrogen-bond donors (Lipinski definition) is 2. The molecule has 1 atom stereocenters. The molecule has 1 aromatic carbocycles. The number of nitrogens with one attached hydrogen (secondary N) is 1. The van der Waals surface area contributed by atoms with E-state index < -0.39 is 21.7 Å². The Labute approximate surface area is 204 Å². The largest absolute Gasteiger partial charge is 0.507 e. The van der Waals surface area contributed by atoms with E-state index in [1.165, 1.54) is 0 Å². The highest BCUT2D eigenvalue weighted by atomic mass is 32.2. The van der Waals surface area contributed by atoms with E-state index in [2.05, 4.69) is 4.72 Å². The Bertz CT molecular complexity index is 1290. The third kappa shape index (κ3) is 5.29. The van der Waals surface area contributed by atoms with Gasteiger partial charge in [0.15, 0.2) is 0 Å². The van der Waals surface area contributed by atoms with Gasteiger partial charge in [0.1, 0.15) is 15.7 Å². The second-order valence-corrected chi connectivity index (χ2v) is 12.1. The van der Waals surface area contributed by atoms with Crippen LogP contribution in [-0.4, -0.2) is 13.5 Å². The molecule has 0 spiro atoms. The Morgan fingerprint density at radius 3 is 2.47 bits per heavy atom. The van der Waals surface area contributed by atoms with Crippen LogP contribution in [-0.2, 0) is 22.9 Å². The molecule has 2 aromatic heterocycles. The third-order valence-electron chi connectivity index (χ3n) is 6.21. The predicted molar refractivity (Wildman–Crippen MR) is 135 cm³/mol. The molecule has 0 bridgehead atoms. The number of aryl methyl sites for hydroxylation is 1. The number of rotatable bonds is 7. The number of sulfonamides is 1. The Hall–Kier alpha value is -2.42. The minimum Gasteiger partial charge on any atom is -0.507 e. The summed E-state index contributed by atoms with van der Waals surface area (Å²) in [7, 11) is -3.98. The lowest BCUT2D eigenvalue weighted by molar-refractivity contribution is 0.368. The van der Waals surface area contributed by atoms with Gasteiger partial charge in [-0.1, -0.05) is 57.0 Å². The van der Waals surface area contributed by atoms with Gasteiger partial charge in [-0.3, -0.25) is 0 Å². The maximum atomic E-state index is 13.5. The Kier molecular flexibility index (Phi) is 7.60. The lowest BCUT2D eigenvalue weighted by Crippen LogP contribution is -2.33. The maximum absolute atomic E-state index is 13.5. The molecule has 0 radical (unpaired) electrons. The van der Waals surface area contributed by atoms with Crippen molar-refractivity contribution in [1.82, 2.24) is 4.72 Å². The first kappa shape index (κ1) is 24.7. The normalized spacial score (nSPS) is 15.5. The summed E-state index contributed by atoms with van der Waals surface area (Å²) in [5.74, 6) is 0.489. The topological polar surface area (TPSA) is 96.6 Å². The van der Waals surface area contributed by atoms with Crippen molar-refractivity contribution in [3.8, 4) is 16.9 Å². The molecule has 1 aliphatic carbocycles. The molecule has 0 saturated heterocycles. The van der Waals surface area contributed by atoms with Crippen LogP contribution in [0.3, 0.4) is 0 Å². The van der Waals surface area contributed by atoms with E-state index in [0.717, 1.165) is 42.6 Å². The van der Waals surface area contributed by atoms with Crippen molar-refractivity contribution < 1.29 is 17.9 Å². The average molecular weight is 502 g/mol. The van der Waals surface area contributed by atoms with Crippen LogP contribution >= 0.6 is 11.3 Å². The minimum absolute atomic E-state index is 0.00872. The molecule has 0 aliphatic heterocycles. The second-order valence-electron chi connectivity index (χ2n) is 9.26. The number of aromatic hydroxyl groups is 1. The quantitative estimate of drug-likeness (QED) is 0.427. The molecule has 0 saturated carbocycles. The number of thiophene rings is 1. The Balaban J connectivity index is 1.75. The summed E-state index contributed by atoms with van der Waals surface area (Å²) in [6, 6.07) is 10.2. The Morgan fingerprint density at radius 1 is 1.06 bits per heavy atom. The van der Waals surface area contributed by atoms with Gasteiger partial charge >= 0.3 is 5.63 Å². The van der Waals surface area contributed by atoms with E-state index in [0.29, 0.717) is 36.1 Å². The van der Waals surface area contributed by atoms with Gasteiger partial charge in [-0.15, -0.1) is 11.3 Å². The standard InChI is InChI=1S/C26H31NO5S2/c1-17(2)16-21(23-24(28)20-12-8-3-4-9-13-22(20)32-25(23)29)27-34(30,31)26-19(14-15-33-26)18-10-6-5-7-11-18/h5-7,10-11,14-15,17,21,27-28H,3-4,8-9,12-13,16H2,1-2H3. The molecule has 2 heterocycles. The van der Waals surface area contributed by atoms with Crippen LogP contribution in [0.4, 0.5) is 0 Å². The van der Waals surface area contributed by atoms with Gasteiger partial charge in [-0.2, -0.15) is 0 Å². The SMILES string of the molecule is CC(C)CC(NS(=O)(=O)c1sccc1-c1ccccc1)c1c(O)c2c(oc1=O)CCCCCC2. The molecule has 6 nitrogen and oxygen atoms in total. The van der Waals surface area contributed by atoms with Gasteiger partial charge in [0.2, 0.25) is 0 Å². The molecule has 34 heavy (non-hydrogen) atoms. The minimum atomic E-state index is -3.98. The predicted octanol–water partition coefficient (Wildman–Crippen LogP) is 5.80. The molecule has 1 unspecified atom stereocenters. The van der Waals surface area contributed by atoms with Crippen LogP contribution in [0.1, 0.15) is 68.9 Å². The molecule has 1 aliphatic rings. The number of hydrogen-bond acceptors (Lipinski definition) is 6. The van der Waals surface area contributed by atoms with Gasteiger partial charge in [0.25, 0.3) is 10.0 Å². The van der Waals surface area contributed by atoms with Crippen LogP contribution in [0.5, 0.6) is 5.75 Å². The van der Waals surface area contributed by atoms with Crippen molar-refractivity contribution in [2.45, 2.75) is 69.0 Å². The molecule has 0 fully saturated rings. The lowest BCUT2D eigenvalue weighted by atomic mass is 9.92. The van der Waals surface area contributed by atoms with E-state index in [-0.39, 0.29) is 21.4 Å². The number of fused-ring (bicyclic) bond motifs is 1. The molecule has 0 amide bonds. The summed E-state index contributed by atoms with van der Waals surface area (Å²) in [5, 5.41) is 12.9. The first-order chi connectivity index (χ1) is 16.3. The van der Waals surface area contributed by atoms with E-state index in [1.807, 2.05) is 44.2 Å². The zero-order chi connectivity index (χ0) is 24.3. The molecule has 3 aromatic rings. The van der Waals surface area contributed by atoms with Crippen molar-refractivity contribution in [2.24, 2.45) is 5.92 Å². The fourth-order valence-electron chi connectivity index (χ4n) is 4.60. The zero-order valence-electron chi connectivity index (χ0n) is 19.5. The zero-order valence-corrected chi connectivity index (χ0v) is 21.2. The van der Waals surface area contributed by atoms with Crippen LogP contribution in [0.15, 0.2) is 55.2 Å². The highest BCUT2D eigenvalue weighted by molar-refractivity contribution is 7.91. The fraction of sp³-hybridized carbons (Fsp3) is 0.423. The van der Waals surface area contributed by atoms with Crippen molar-refractivity contribution in [3.63, 3.8) is 0 Å². The Morgan fingerprint density at radius 2 is 1.76 bits per heavy atom. The molecule has 8 heteroatoms.